The van der Waals surface area contributed by atoms with Gasteiger partial charge in [0.05, 0.1) is 0 Å². The van der Waals surface area contributed by atoms with Gasteiger partial charge in [0.1, 0.15) is 4.90 Å². The molecule has 0 aliphatic rings. The molecule has 6 heteroatoms. The molecule has 19 heavy (non-hydrogen) atoms. The smallest absolute Gasteiger partial charge is 0.263 e. The monoisotopic (exact) mass is 359 g/mol. The van der Waals surface area contributed by atoms with E-state index in [0.717, 1.165) is 5.56 Å². The molecule has 0 fully saturated rings. The number of sulfonamides is 1. The Bertz CT molecular complexity index is 689. The Morgan fingerprint density at radius 3 is 2.53 bits per heavy atom. The maximum Gasteiger partial charge on any atom is 0.263 e. The van der Waals surface area contributed by atoms with E-state index in [0.29, 0.717) is 16.0 Å². The average Bonchev–Trinajstić information content (AvgIpc) is 2.38. The summed E-state index contributed by atoms with van der Waals surface area (Å²) in [5.41, 5.74) is 1.35. The van der Waals surface area contributed by atoms with Crippen LogP contribution in [-0.2, 0) is 15.9 Å². The first-order chi connectivity index (χ1) is 9.03. The lowest BCUT2D eigenvalue weighted by Crippen LogP contribution is -2.13. The first kappa shape index (κ1) is 14.4. The van der Waals surface area contributed by atoms with Gasteiger partial charge >= 0.3 is 0 Å². The van der Waals surface area contributed by atoms with Crippen molar-refractivity contribution in [2.24, 2.45) is 0 Å². The van der Waals surface area contributed by atoms with Crippen LogP contribution in [0.1, 0.15) is 5.56 Å². The number of benzene rings is 2. The second-order valence-electron chi connectivity index (χ2n) is 3.87. The van der Waals surface area contributed by atoms with Gasteiger partial charge < -0.3 is 0 Å². The van der Waals surface area contributed by atoms with Gasteiger partial charge in [-0.25, -0.2) is 8.42 Å². The highest BCUT2D eigenvalue weighted by Crippen LogP contribution is 2.24. The molecular weight excluding hydrogens is 350 g/mol. The first-order valence-electron chi connectivity index (χ1n) is 5.45. The highest BCUT2D eigenvalue weighted by atomic mass is 79.9. The van der Waals surface area contributed by atoms with Crippen molar-refractivity contribution >= 4 is 43.2 Å². The third-order valence-corrected chi connectivity index (χ3v) is 5.16. The van der Waals surface area contributed by atoms with Gasteiger partial charge in [-0.2, -0.15) is 0 Å². The maximum absolute atomic E-state index is 12.2. The average molecular weight is 361 g/mol. The van der Waals surface area contributed by atoms with Crippen LogP contribution in [0.4, 0.5) is 5.69 Å². The third-order valence-electron chi connectivity index (χ3n) is 2.46. The summed E-state index contributed by atoms with van der Waals surface area (Å²) in [5.74, 6) is 0.338. The summed E-state index contributed by atoms with van der Waals surface area (Å²) in [6.45, 7) is 0. The molecule has 0 saturated carbocycles. The number of halogens is 2. The molecule has 0 radical (unpaired) electrons. The van der Waals surface area contributed by atoms with Gasteiger partial charge in [0.2, 0.25) is 0 Å². The molecule has 0 amide bonds. The van der Waals surface area contributed by atoms with E-state index < -0.39 is 10.0 Å². The molecular formula is C13H11BrClNO2S. The van der Waals surface area contributed by atoms with Gasteiger partial charge in [-0.3, -0.25) is 4.72 Å². The molecule has 0 aliphatic carbocycles. The summed E-state index contributed by atoms with van der Waals surface area (Å²) >= 11 is 8.96. The van der Waals surface area contributed by atoms with E-state index in [4.69, 9.17) is 11.6 Å². The zero-order chi connectivity index (χ0) is 13.9. The lowest BCUT2D eigenvalue weighted by molar-refractivity contribution is 0.601. The summed E-state index contributed by atoms with van der Waals surface area (Å²) in [5, 5.41) is 0. The molecule has 0 aliphatic heterocycles. The van der Waals surface area contributed by atoms with Crippen molar-refractivity contribution in [2.75, 3.05) is 4.72 Å². The summed E-state index contributed by atoms with van der Waals surface area (Å²) < 4.78 is 27.6. The molecule has 0 unspecified atom stereocenters. The minimum atomic E-state index is -3.61. The third kappa shape index (κ3) is 3.49. The lowest BCUT2D eigenvalue weighted by Gasteiger charge is -2.10. The van der Waals surface area contributed by atoms with E-state index in [1.54, 1.807) is 36.4 Å². The molecule has 0 heterocycles. The van der Waals surface area contributed by atoms with Crippen molar-refractivity contribution in [1.82, 2.24) is 0 Å². The Morgan fingerprint density at radius 2 is 1.84 bits per heavy atom. The second-order valence-corrected chi connectivity index (χ2v) is 6.64. The maximum atomic E-state index is 12.2. The Balaban J connectivity index is 2.34. The van der Waals surface area contributed by atoms with Gasteiger partial charge in [0, 0.05) is 16.0 Å². The number of hydrogen-bond donors (Lipinski definition) is 1. The van der Waals surface area contributed by atoms with Gasteiger partial charge in [-0.15, -0.1) is 11.6 Å². The van der Waals surface area contributed by atoms with Crippen LogP contribution in [0, 0.1) is 0 Å². The highest BCUT2D eigenvalue weighted by Gasteiger charge is 2.17. The lowest BCUT2D eigenvalue weighted by atomic mass is 10.2. The van der Waals surface area contributed by atoms with Crippen LogP contribution in [0.5, 0.6) is 0 Å². The number of nitrogens with one attached hydrogen (secondary N) is 1. The SMILES string of the molecule is O=S(=O)(Nc1cccc(CCl)c1)c1ccccc1Br. The van der Waals surface area contributed by atoms with E-state index in [9.17, 15) is 8.42 Å². The van der Waals surface area contributed by atoms with Crippen LogP contribution in [0.2, 0.25) is 0 Å². The predicted octanol–water partition coefficient (Wildman–Crippen LogP) is 3.99. The Hall–Kier alpha value is -1.04. The van der Waals surface area contributed by atoms with Crippen LogP contribution in [0.15, 0.2) is 57.9 Å². The zero-order valence-corrected chi connectivity index (χ0v) is 13.0. The van der Waals surface area contributed by atoms with Crippen molar-refractivity contribution in [3.05, 3.63) is 58.6 Å². The van der Waals surface area contributed by atoms with Crippen molar-refractivity contribution in [3.8, 4) is 0 Å². The van der Waals surface area contributed by atoms with E-state index in [1.165, 1.54) is 6.07 Å². The summed E-state index contributed by atoms with van der Waals surface area (Å²) in [4.78, 5) is 0.200. The van der Waals surface area contributed by atoms with E-state index in [-0.39, 0.29) is 4.90 Å². The van der Waals surface area contributed by atoms with Crippen LogP contribution < -0.4 is 4.72 Å². The van der Waals surface area contributed by atoms with Gasteiger partial charge in [-0.1, -0.05) is 24.3 Å². The standard InChI is InChI=1S/C13H11BrClNO2S/c14-12-6-1-2-7-13(12)19(17,18)16-11-5-3-4-10(8-11)9-15/h1-8,16H,9H2. The number of alkyl halides is 1. The van der Waals surface area contributed by atoms with Gasteiger partial charge in [0.25, 0.3) is 10.0 Å². The van der Waals surface area contributed by atoms with Crippen molar-refractivity contribution in [2.45, 2.75) is 10.8 Å². The topological polar surface area (TPSA) is 46.2 Å². The van der Waals surface area contributed by atoms with Crippen LogP contribution >= 0.6 is 27.5 Å². The zero-order valence-electron chi connectivity index (χ0n) is 9.81. The summed E-state index contributed by atoms with van der Waals surface area (Å²) in [6.07, 6.45) is 0. The van der Waals surface area contributed by atoms with E-state index >= 15 is 0 Å². The molecule has 0 aromatic heterocycles. The first-order valence-corrected chi connectivity index (χ1v) is 8.26. The minimum absolute atomic E-state index is 0.200. The van der Waals surface area contributed by atoms with Gasteiger partial charge in [-0.05, 0) is 45.8 Å². The molecule has 0 atom stereocenters. The van der Waals surface area contributed by atoms with Gasteiger partial charge in [0.15, 0.2) is 0 Å². The van der Waals surface area contributed by atoms with Crippen LogP contribution in [0.3, 0.4) is 0 Å². The van der Waals surface area contributed by atoms with E-state index in [2.05, 4.69) is 20.7 Å². The number of hydrogen-bond acceptors (Lipinski definition) is 2. The predicted molar refractivity (Wildman–Crippen MR) is 80.9 cm³/mol. The Kier molecular flexibility index (Phi) is 4.50. The molecule has 0 bridgehead atoms. The van der Waals surface area contributed by atoms with Crippen molar-refractivity contribution in [3.63, 3.8) is 0 Å². The summed E-state index contributed by atoms with van der Waals surface area (Å²) in [7, 11) is -3.61. The quantitative estimate of drug-likeness (QED) is 0.838. The fourth-order valence-electron chi connectivity index (χ4n) is 1.59. The molecule has 1 N–H and O–H groups in total. The van der Waals surface area contributed by atoms with E-state index in [1.807, 2.05) is 6.07 Å². The largest absolute Gasteiger partial charge is 0.280 e. The molecule has 2 aromatic rings. The fourth-order valence-corrected chi connectivity index (χ4v) is 3.81. The van der Waals surface area contributed by atoms with Crippen LogP contribution in [-0.4, -0.2) is 8.42 Å². The minimum Gasteiger partial charge on any atom is -0.280 e. The number of anilines is 1. The van der Waals surface area contributed by atoms with Crippen molar-refractivity contribution < 1.29 is 8.42 Å². The number of rotatable bonds is 4. The highest BCUT2D eigenvalue weighted by molar-refractivity contribution is 9.10. The van der Waals surface area contributed by atoms with Crippen molar-refractivity contribution in [1.29, 1.82) is 0 Å². The molecule has 100 valence electrons. The molecule has 2 aromatic carbocycles. The molecule has 2 rings (SSSR count). The Morgan fingerprint density at radius 1 is 1.11 bits per heavy atom. The van der Waals surface area contributed by atoms with Crippen LogP contribution in [0.25, 0.3) is 0 Å². The summed E-state index contributed by atoms with van der Waals surface area (Å²) in [6, 6.07) is 13.7. The molecule has 3 nitrogen and oxygen atoms in total. The molecule has 0 spiro atoms. The second kappa shape index (κ2) is 5.94. The fraction of sp³-hybridized carbons (Fsp3) is 0.0769. The normalized spacial score (nSPS) is 11.3. The molecule has 0 saturated heterocycles. The Labute approximate surface area is 125 Å².